The van der Waals surface area contributed by atoms with Gasteiger partial charge < -0.3 is 10.1 Å². The molecule has 1 amide bonds. The Labute approximate surface area is 161 Å². The number of carbonyl (C=O) groups is 1. The Balaban J connectivity index is 1.75. The fourth-order valence-corrected chi connectivity index (χ4v) is 3.10. The number of anilines is 1. The first-order valence-corrected chi connectivity index (χ1v) is 10.1. The molecule has 0 heterocycles. The molecule has 1 atom stereocenters. The third-order valence-electron chi connectivity index (χ3n) is 4.07. The zero-order chi connectivity index (χ0) is 19.2. The number of amides is 1. The van der Waals surface area contributed by atoms with Crippen LogP contribution >= 0.6 is 0 Å². The third kappa shape index (κ3) is 5.05. The third-order valence-corrected chi connectivity index (χ3v) is 5.01. The largest absolute Gasteiger partial charge is 0.487 e. The maximum atomic E-state index is 12.6. The van der Waals surface area contributed by atoms with Gasteiger partial charge in [-0.05, 0) is 54.4 Å². The molecule has 0 aliphatic carbocycles. The summed E-state index contributed by atoms with van der Waals surface area (Å²) in [7, 11) is -1.07. The van der Waals surface area contributed by atoms with Crippen molar-refractivity contribution in [3.8, 4) is 5.75 Å². The number of nitrogens with one attached hydrogen (secondary N) is 1. The molecule has 138 valence electrons. The second kappa shape index (κ2) is 8.64. The minimum atomic E-state index is -1.07. The van der Waals surface area contributed by atoms with Crippen LogP contribution in [0, 0.1) is 6.92 Å². The van der Waals surface area contributed by atoms with Crippen molar-refractivity contribution in [3.05, 3.63) is 89.5 Å². The van der Waals surface area contributed by atoms with Gasteiger partial charge >= 0.3 is 0 Å². The molecule has 0 saturated carbocycles. The molecule has 27 heavy (non-hydrogen) atoms. The number of hydrogen-bond donors (Lipinski definition) is 1. The average Bonchev–Trinajstić information content (AvgIpc) is 2.69. The molecule has 0 saturated heterocycles. The Bertz CT molecular complexity index is 953. The van der Waals surface area contributed by atoms with Gasteiger partial charge in [-0.3, -0.25) is 9.00 Å². The molecule has 3 rings (SSSR count). The van der Waals surface area contributed by atoms with Gasteiger partial charge in [0.15, 0.2) is 0 Å². The summed E-state index contributed by atoms with van der Waals surface area (Å²) in [6.45, 7) is 2.40. The highest BCUT2D eigenvalue weighted by atomic mass is 32.2. The van der Waals surface area contributed by atoms with Crippen molar-refractivity contribution >= 4 is 22.4 Å². The smallest absolute Gasteiger partial charge is 0.255 e. The van der Waals surface area contributed by atoms with E-state index in [9.17, 15) is 9.00 Å². The quantitative estimate of drug-likeness (QED) is 0.683. The molecule has 0 fully saturated rings. The minimum absolute atomic E-state index is 0.239. The van der Waals surface area contributed by atoms with E-state index in [0.717, 1.165) is 11.1 Å². The molecule has 5 heteroatoms. The van der Waals surface area contributed by atoms with Crippen molar-refractivity contribution in [2.24, 2.45) is 0 Å². The zero-order valence-electron chi connectivity index (χ0n) is 15.3. The molecule has 3 aromatic rings. The summed E-state index contributed by atoms with van der Waals surface area (Å²) in [5, 5.41) is 2.90. The summed E-state index contributed by atoms with van der Waals surface area (Å²) >= 11 is 0. The van der Waals surface area contributed by atoms with E-state index in [4.69, 9.17) is 4.74 Å². The fourth-order valence-electron chi connectivity index (χ4n) is 2.58. The topological polar surface area (TPSA) is 55.4 Å². The van der Waals surface area contributed by atoms with E-state index in [1.165, 1.54) is 0 Å². The van der Waals surface area contributed by atoms with Gasteiger partial charge in [-0.2, -0.15) is 0 Å². The highest BCUT2D eigenvalue weighted by molar-refractivity contribution is 7.84. The summed E-state index contributed by atoms with van der Waals surface area (Å²) in [6, 6.07) is 22.3. The van der Waals surface area contributed by atoms with Gasteiger partial charge in [0.05, 0.1) is 5.69 Å². The summed E-state index contributed by atoms with van der Waals surface area (Å²) in [6.07, 6.45) is 1.61. The van der Waals surface area contributed by atoms with Gasteiger partial charge in [0.1, 0.15) is 12.4 Å². The van der Waals surface area contributed by atoms with E-state index < -0.39 is 10.8 Å². The first-order valence-electron chi connectivity index (χ1n) is 8.55. The summed E-state index contributed by atoms with van der Waals surface area (Å²) in [5.74, 6) is 0.385. The Morgan fingerprint density at radius 2 is 1.70 bits per heavy atom. The maximum absolute atomic E-state index is 12.6. The van der Waals surface area contributed by atoms with Crippen molar-refractivity contribution in [1.82, 2.24) is 0 Å². The van der Waals surface area contributed by atoms with Crippen molar-refractivity contribution in [1.29, 1.82) is 0 Å². The molecule has 0 aliphatic heterocycles. The molecular formula is C22H21NO3S. The van der Waals surface area contributed by atoms with Crippen molar-refractivity contribution in [3.63, 3.8) is 0 Å². The van der Waals surface area contributed by atoms with Crippen molar-refractivity contribution in [2.75, 3.05) is 11.6 Å². The monoisotopic (exact) mass is 379 g/mol. The predicted octanol–water partition coefficient (Wildman–Crippen LogP) is 4.56. The number of benzene rings is 3. The van der Waals surface area contributed by atoms with Crippen LogP contribution in [0.25, 0.3) is 0 Å². The van der Waals surface area contributed by atoms with Gasteiger partial charge in [0.25, 0.3) is 5.91 Å². The van der Waals surface area contributed by atoms with E-state index in [0.29, 0.717) is 28.5 Å². The molecule has 0 aliphatic rings. The molecule has 1 unspecified atom stereocenters. The lowest BCUT2D eigenvalue weighted by molar-refractivity contribution is 0.102. The SMILES string of the molecule is Cc1ccc(NC(=O)c2ccc(S(C)=O)cc2)c(OCc2ccccc2)c1. The lowest BCUT2D eigenvalue weighted by Gasteiger charge is -2.14. The highest BCUT2D eigenvalue weighted by Crippen LogP contribution is 2.27. The molecule has 1 N–H and O–H groups in total. The van der Waals surface area contributed by atoms with Crippen molar-refractivity contribution < 1.29 is 13.7 Å². The lowest BCUT2D eigenvalue weighted by Crippen LogP contribution is -2.13. The summed E-state index contributed by atoms with van der Waals surface area (Å²) in [5.41, 5.74) is 3.22. The van der Waals surface area contributed by atoms with Crippen LogP contribution < -0.4 is 10.1 Å². The van der Waals surface area contributed by atoms with Gasteiger partial charge in [-0.15, -0.1) is 0 Å². The van der Waals surface area contributed by atoms with Crippen LogP contribution in [0.1, 0.15) is 21.5 Å². The Morgan fingerprint density at radius 1 is 1.00 bits per heavy atom. The Morgan fingerprint density at radius 3 is 2.37 bits per heavy atom. The number of ether oxygens (including phenoxy) is 1. The van der Waals surface area contributed by atoms with Gasteiger partial charge in [0.2, 0.25) is 0 Å². The van der Waals surface area contributed by atoms with E-state index >= 15 is 0 Å². The second-order valence-electron chi connectivity index (χ2n) is 6.21. The van der Waals surface area contributed by atoms with Crippen LogP contribution in [0.5, 0.6) is 5.75 Å². The maximum Gasteiger partial charge on any atom is 0.255 e. The zero-order valence-corrected chi connectivity index (χ0v) is 16.1. The Hall–Kier alpha value is -2.92. The van der Waals surface area contributed by atoms with Gasteiger partial charge in [-0.1, -0.05) is 36.4 Å². The second-order valence-corrected chi connectivity index (χ2v) is 7.59. The standard InChI is InChI=1S/C22H21NO3S/c1-16-8-13-20(21(14-16)26-15-17-6-4-3-5-7-17)23-22(24)18-9-11-19(12-10-18)27(2)25/h3-14H,15H2,1-2H3,(H,23,24). The molecule has 0 bridgehead atoms. The Kier molecular flexibility index (Phi) is 6.04. The fraction of sp³-hybridized carbons (Fsp3) is 0.136. The van der Waals surface area contributed by atoms with Crippen molar-refractivity contribution in [2.45, 2.75) is 18.4 Å². The highest BCUT2D eigenvalue weighted by Gasteiger charge is 2.11. The molecule has 4 nitrogen and oxygen atoms in total. The lowest BCUT2D eigenvalue weighted by atomic mass is 10.1. The number of aryl methyl sites for hydroxylation is 1. The normalized spacial score (nSPS) is 11.6. The molecule has 0 aromatic heterocycles. The van der Waals surface area contributed by atoms with Crippen LogP contribution in [-0.2, 0) is 17.4 Å². The van der Waals surface area contributed by atoms with Gasteiger partial charge in [-0.25, -0.2) is 0 Å². The van der Waals surface area contributed by atoms with Crippen LogP contribution in [0.3, 0.4) is 0 Å². The molecule has 3 aromatic carbocycles. The van der Waals surface area contributed by atoms with Crippen LogP contribution in [-0.4, -0.2) is 16.4 Å². The predicted molar refractivity (Wildman–Crippen MR) is 109 cm³/mol. The summed E-state index contributed by atoms with van der Waals surface area (Å²) < 4.78 is 17.4. The molecular weight excluding hydrogens is 358 g/mol. The van der Waals surface area contributed by atoms with Gasteiger partial charge in [0, 0.05) is 27.5 Å². The van der Waals surface area contributed by atoms with E-state index in [1.54, 1.807) is 30.5 Å². The van der Waals surface area contributed by atoms with E-state index in [1.807, 2.05) is 55.5 Å². The van der Waals surface area contributed by atoms with E-state index in [2.05, 4.69) is 5.32 Å². The van der Waals surface area contributed by atoms with Crippen LogP contribution in [0.15, 0.2) is 77.7 Å². The molecule has 0 spiro atoms. The first kappa shape index (κ1) is 18.9. The van der Waals surface area contributed by atoms with Crippen LogP contribution in [0.2, 0.25) is 0 Å². The first-order chi connectivity index (χ1) is 13.0. The van der Waals surface area contributed by atoms with Crippen LogP contribution in [0.4, 0.5) is 5.69 Å². The average molecular weight is 379 g/mol. The minimum Gasteiger partial charge on any atom is -0.487 e. The number of carbonyl (C=O) groups excluding carboxylic acids is 1. The van der Waals surface area contributed by atoms with E-state index in [-0.39, 0.29) is 5.91 Å². The summed E-state index contributed by atoms with van der Waals surface area (Å²) in [4.78, 5) is 13.3. The molecule has 0 radical (unpaired) electrons. The number of rotatable bonds is 6. The number of hydrogen-bond acceptors (Lipinski definition) is 3.